The van der Waals surface area contributed by atoms with Gasteiger partial charge in [-0.2, -0.15) is 0 Å². The van der Waals surface area contributed by atoms with Gasteiger partial charge in [0.05, 0.1) is 4.88 Å². The van der Waals surface area contributed by atoms with Crippen LogP contribution in [0.15, 0.2) is 79.0 Å². The van der Waals surface area contributed by atoms with Gasteiger partial charge in [0.1, 0.15) is 29.7 Å². The summed E-state index contributed by atoms with van der Waals surface area (Å²) in [6.07, 6.45) is 9.85. The Hall–Kier alpha value is -2.85. The minimum Gasteiger partial charge on any atom is -0.490 e. The molecule has 4 heteroatoms. The van der Waals surface area contributed by atoms with Gasteiger partial charge in [-0.25, -0.2) is 4.98 Å². The normalized spacial score (nSPS) is 11.3. The standard InChI is InChI=1S/C23H23NO2S/c1-3-5-15-25-20-11-7-18(8-12-20)22-17-24-23(27-22)19-9-13-21(14-10-19)26-16-6-4-2/h3-14,17H,15-16H2,1-2H3/b5-3+,6-4+. The van der Waals surface area contributed by atoms with Crippen molar-refractivity contribution in [3.63, 3.8) is 0 Å². The third-order valence-corrected chi connectivity index (χ3v) is 5.01. The molecule has 0 spiro atoms. The van der Waals surface area contributed by atoms with Crippen LogP contribution < -0.4 is 9.47 Å². The molecule has 1 heterocycles. The summed E-state index contributed by atoms with van der Waals surface area (Å²) in [6.45, 7) is 5.15. The molecule has 0 unspecified atom stereocenters. The quantitative estimate of drug-likeness (QED) is 0.426. The third kappa shape index (κ3) is 5.31. The average Bonchev–Trinajstić information content (AvgIpc) is 3.20. The van der Waals surface area contributed by atoms with E-state index in [0.29, 0.717) is 13.2 Å². The molecule has 0 saturated carbocycles. The first-order valence-electron chi connectivity index (χ1n) is 8.94. The SMILES string of the molecule is C/C=C/COc1ccc(-c2cnc(-c3ccc(OC/C=C/C)cc3)s2)cc1. The lowest BCUT2D eigenvalue weighted by Crippen LogP contribution is -1.92. The van der Waals surface area contributed by atoms with Crippen molar-refractivity contribution in [2.24, 2.45) is 0 Å². The van der Waals surface area contributed by atoms with Crippen molar-refractivity contribution in [3.8, 4) is 32.5 Å². The fourth-order valence-electron chi connectivity index (χ4n) is 2.43. The van der Waals surface area contributed by atoms with Gasteiger partial charge in [-0.05, 0) is 67.9 Å². The Balaban J connectivity index is 1.67. The second-order valence-corrected chi connectivity index (χ2v) is 6.87. The van der Waals surface area contributed by atoms with Gasteiger partial charge in [0, 0.05) is 11.8 Å². The number of hydrogen-bond donors (Lipinski definition) is 0. The number of ether oxygens (including phenoxy) is 2. The maximum Gasteiger partial charge on any atom is 0.123 e. The van der Waals surface area contributed by atoms with Crippen molar-refractivity contribution in [3.05, 3.63) is 79.0 Å². The molecule has 0 atom stereocenters. The Morgan fingerprint density at radius 1 is 0.778 bits per heavy atom. The van der Waals surface area contributed by atoms with Crippen LogP contribution in [0.2, 0.25) is 0 Å². The summed E-state index contributed by atoms with van der Waals surface area (Å²) < 4.78 is 11.3. The lowest BCUT2D eigenvalue weighted by Gasteiger charge is -2.04. The molecular formula is C23H23NO2S. The molecule has 0 N–H and O–H groups in total. The molecular weight excluding hydrogens is 354 g/mol. The van der Waals surface area contributed by atoms with Crippen LogP contribution in [0.3, 0.4) is 0 Å². The van der Waals surface area contributed by atoms with Crippen LogP contribution >= 0.6 is 11.3 Å². The van der Waals surface area contributed by atoms with Crippen LogP contribution in [0.25, 0.3) is 21.0 Å². The Labute approximate surface area is 164 Å². The average molecular weight is 378 g/mol. The van der Waals surface area contributed by atoms with Crippen molar-refractivity contribution in [2.75, 3.05) is 13.2 Å². The van der Waals surface area contributed by atoms with Crippen LogP contribution in [-0.2, 0) is 0 Å². The fourth-order valence-corrected chi connectivity index (χ4v) is 3.36. The summed E-state index contributed by atoms with van der Waals surface area (Å²) in [5, 5.41) is 0.999. The molecule has 3 nitrogen and oxygen atoms in total. The fraction of sp³-hybridized carbons (Fsp3) is 0.174. The van der Waals surface area contributed by atoms with E-state index in [9.17, 15) is 0 Å². The first kappa shape index (κ1) is 18.9. The van der Waals surface area contributed by atoms with E-state index in [1.807, 2.05) is 80.7 Å². The summed E-state index contributed by atoms with van der Waals surface area (Å²) in [5.41, 5.74) is 2.24. The van der Waals surface area contributed by atoms with Crippen molar-refractivity contribution in [1.29, 1.82) is 0 Å². The van der Waals surface area contributed by atoms with Gasteiger partial charge < -0.3 is 9.47 Å². The Morgan fingerprint density at radius 2 is 1.30 bits per heavy atom. The molecule has 0 saturated heterocycles. The minimum atomic E-state index is 0.589. The van der Waals surface area contributed by atoms with Crippen molar-refractivity contribution >= 4 is 11.3 Å². The summed E-state index contributed by atoms with van der Waals surface area (Å²) in [4.78, 5) is 5.71. The van der Waals surface area contributed by atoms with E-state index in [2.05, 4.69) is 17.1 Å². The molecule has 0 aliphatic heterocycles. The number of nitrogens with zero attached hydrogens (tertiary/aromatic N) is 1. The van der Waals surface area contributed by atoms with Gasteiger partial charge in [0.2, 0.25) is 0 Å². The van der Waals surface area contributed by atoms with Gasteiger partial charge in [0.15, 0.2) is 0 Å². The van der Waals surface area contributed by atoms with Crippen LogP contribution in [-0.4, -0.2) is 18.2 Å². The highest BCUT2D eigenvalue weighted by molar-refractivity contribution is 7.18. The molecule has 138 valence electrons. The zero-order valence-corrected chi connectivity index (χ0v) is 16.4. The molecule has 0 bridgehead atoms. The van der Waals surface area contributed by atoms with Crippen LogP contribution in [0.1, 0.15) is 13.8 Å². The first-order valence-corrected chi connectivity index (χ1v) is 9.76. The molecule has 2 aromatic carbocycles. The maximum absolute atomic E-state index is 5.64. The number of rotatable bonds is 8. The summed E-state index contributed by atoms with van der Waals surface area (Å²) in [5.74, 6) is 1.73. The zero-order valence-electron chi connectivity index (χ0n) is 15.6. The number of aromatic nitrogens is 1. The van der Waals surface area contributed by atoms with Crippen LogP contribution in [0.4, 0.5) is 0 Å². The molecule has 0 aliphatic carbocycles. The highest BCUT2D eigenvalue weighted by atomic mass is 32.1. The first-order chi connectivity index (χ1) is 13.3. The maximum atomic E-state index is 5.64. The predicted octanol–water partition coefficient (Wildman–Crippen LogP) is 6.39. The van der Waals surface area contributed by atoms with Gasteiger partial charge in [-0.1, -0.05) is 24.3 Å². The van der Waals surface area contributed by atoms with E-state index in [1.165, 1.54) is 0 Å². The molecule has 0 fully saturated rings. The summed E-state index contributed by atoms with van der Waals surface area (Å²) in [6, 6.07) is 16.2. The Kier molecular flexibility index (Phi) is 6.83. The molecule has 0 aliphatic rings. The highest BCUT2D eigenvalue weighted by Crippen LogP contribution is 2.33. The Morgan fingerprint density at radius 3 is 1.81 bits per heavy atom. The predicted molar refractivity (Wildman–Crippen MR) is 114 cm³/mol. The number of allylic oxidation sites excluding steroid dienone is 2. The van der Waals surface area contributed by atoms with E-state index in [1.54, 1.807) is 11.3 Å². The number of hydrogen-bond acceptors (Lipinski definition) is 4. The highest BCUT2D eigenvalue weighted by Gasteiger charge is 2.07. The monoisotopic (exact) mass is 377 g/mol. The van der Waals surface area contributed by atoms with Gasteiger partial charge in [0.25, 0.3) is 0 Å². The number of thiazole rings is 1. The van der Waals surface area contributed by atoms with Crippen LogP contribution in [0, 0.1) is 0 Å². The third-order valence-electron chi connectivity index (χ3n) is 3.91. The van der Waals surface area contributed by atoms with Gasteiger partial charge in [-0.3, -0.25) is 0 Å². The lowest BCUT2D eigenvalue weighted by atomic mass is 10.2. The summed E-state index contributed by atoms with van der Waals surface area (Å²) >= 11 is 1.68. The minimum absolute atomic E-state index is 0.589. The van der Waals surface area contributed by atoms with E-state index < -0.39 is 0 Å². The second-order valence-electron chi connectivity index (χ2n) is 5.84. The smallest absolute Gasteiger partial charge is 0.123 e. The molecule has 3 aromatic rings. The van der Waals surface area contributed by atoms with Gasteiger partial charge >= 0.3 is 0 Å². The largest absolute Gasteiger partial charge is 0.490 e. The second kappa shape index (κ2) is 9.74. The number of benzene rings is 2. The molecule has 0 radical (unpaired) electrons. The van der Waals surface area contributed by atoms with E-state index in [-0.39, 0.29) is 0 Å². The molecule has 27 heavy (non-hydrogen) atoms. The van der Waals surface area contributed by atoms with E-state index in [0.717, 1.165) is 32.5 Å². The molecule has 0 amide bonds. The molecule has 1 aromatic heterocycles. The summed E-state index contributed by atoms with van der Waals surface area (Å²) in [7, 11) is 0. The van der Waals surface area contributed by atoms with E-state index >= 15 is 0 Å². The molecule has 3 rings (SSSR count). The Bertz CT molecular complexity index is 819. The van der Waals surface area contributed by atoms with Crippen molar-refractivity contribution in [2.45, 2.75) is 13.8 Å². The topological polar surface area (TPSA) is 31.4 Å². The van der Waals surface area contributed by atoms with E-state index in [4.69, 9.17) is 9.47 Å². The van der Waals surface area contributed by atoms with Crippen molar-refractivity contribution in [1.82, 2.24) is 4.98 Å². The van der Waals surface area contributed by atoms with Gasteiger partial charge in [-0.15, -0.1) is 11.3 Å². The lowest BCUT2D eigenvalue weighted by molar-refractivity contribution is 0.362. The zero-order chi connectivity index (χ0) is 18.9. The van der Waals surface area contributed by atoms with Crippen molar-refractivity contribution < 1.29 is 9.47 Å². The van der Waals surface area contributed by atoms with Crippen LogP contribution in [0.5, 0.6) is 11.5 Å².